The molecular formula is C24H23F2N3O5. The summed E-state index contributed by atoms with van der Waals surface area (Å²) in [5, 5.41) is 9.54. The van der Waals surface area contributed by atoms with E-state index in [0.717, 1.165) is 18.2 Å². The molecule has 4 rings (SSSR count). The molecule has 1 aliphatic rings. The maximum atomic E-state index is 14.9. The van der Waals surface area contributed by atoms with Gasteiger partial charge < -0.3 is 29.8 Å². The van der Waals surface area contributed by atoms with Gasteiger partial charge >= 0.3 is 0 Å². The van der Waals surface area contributed by atoms with E-state index in [1.807, 2.05) is 0 Å². The second kappa shape index (κ2) is 9.05. The van der Waals surface area contributed by atoms with E-state index in [9.17, 15) is 18.4 Å². The van der Waals surface area contributed by atoms with Crippen LogP contribution in [-0.4, -0.2) is 45.0 Å². The number of nitrogens with one attached hydrogen (secondary N) is 3. The van der Waals surface area contributed by atoms with Gasteiger partial charge in [0, 0.05) is 30.2 Å². The van der Waals surface area contributed by atoms with Crippen molar-refractivity contribution in [3.8, 4) is 11.5 Å². The quantitative estimate of drug-likeness (QED) is 0.322. The molecule has 1 heterocycles. The van der Waals surface area contributed by atoms with E-state index in [0.29, 0.717) is 11.0 Å². The molecule has 3 N–H and O–H groups in total. The van der Waals surface area contributed by atoms with Gasteiger partial charge in [-0.2, -0.15) is 0 Å². The molecule has 1 fully saturated rings. The predicted molar refractivity (Wildman–Crippen MR) is 123 cm³/mol. The topological polar surface area (TPSA) is 102 Å². The molecule has 3 aromatic rings. The number of halogens is 2. The van der Waals surface area contributed by atoms with Crippen LogP contribution in [0.5, 0.6) is 11.5 Å². The minimum absolute atomic E-state index is 0.0135. The average molecular weight is 471 g/mol. The Morgan fingerprint density at radius 1 is 1.12 bits per heavy atom. The number of rotatable bonds is 9. The van der Waals surface area contributed by atoms with Gasteiger partial charge in [-0.1, -0.05) is 6.58 Å². The second-order valence-corrected chi connectivity index (χ2v) is 7.69. The van der Waals surface area contributed by atoms with Gasteiger partial charge in [-0.05, 0) is 30.7 Å². The molecule has 10 heteroatoms. The highest BCUT2D eigenvalue weighted by Gasteiger charge is 2.38. The molecule has 178 valence electrons. The number of benzene rings is 2. The number of carbonyl (C=O) groups excluding carboxylic acids is 2. The molecule has 0 aliphatic heterocycles. The fourth-order valence-corrected chi connectivity index (χ4v) is 3.76. The molecule has 0 radical (unpaired) electrons. The van der Waals surface area contributed by atoms with E-state index in [1.165, 1.54) is 20.3 Å². The largest absolute Gasteiger partial charge is 0.494 e. The first kappa shape index (κ1) is 23.1. The van der Waals surface area contributed by atoms with Gasteiger partial charge in [-0.25, -0.2) is 8.78 Å². The molecule has 0 saturated heterocycles. The zero-order valence-corrected chi connectivity index (χ0v) is 18.8. The summed E-state index contributed by atoms with van der Waals surface area (Å²) >= 11 is 0. The maximum absolute atomic E-state index is 14.9. The Morgan fingerprint density at radius 2 is 1.79 bits per heavy atom. The number of ketones is 1. The third-order valence-corrected chi connectivity index (χ3v) is 5.60. The highest BCUT2D eigenvalue weighted by Crippen LogP contribution is 2.38. The minimum atomic E-state index is -1.16. The zero-order valence-electron chi connectivity index (χ0n) is 18.8. The Labute approximate surface area is 193 Å². The summed E-state index contributed by atoms with van der Waals surface area (Å²) in [7, 11) is 3.97. The number of fused-ring (bicyclic) bond motifs is 1. The van der Waals surface area contributed by atoms with Crippen LogP contribution in [-0.2, 0) is 4.79 Å². The SMILES string of the molecule is C=CC(=O)NC1C[C@H]1Nc1ccc2oc(C(=O)c3c(F)c(OC)cc(OC)c3F)c(NC)c2c1. The van der Waals surface area contributed by atoms with Gasteiger partial charge in [0.1, 0.15) is 11.1 Å². The lowest BCUT2D eigenvalue weighted by molar-refractivity contribution is -0.116. The van der Waals surface area contributed by atoms with Crippen LogP contribution in [0, 0.1) is 11.6 Å². The molecule has 0 spiro atoms. The van der Waals surface area contributed by atoms with Crippen molar-refractivity contribution in [1.29, 1.82) is 0 Å². The predicted octanol–water partition coefficient (Wildman–Crippen LogP) is 3.86. The van der Waals surface area contributed by atoms with Crippen LogP contribution in [0.4, 0.5) is 20.2 Å². The maximum Gasteiger partial charge on any atom is 0.243 e. The van der Waals surface area contributed by atoms with Crippen molar-refractivity contribution < 1.29 is 32.3 Å². The van der Waals surface area contributed by atoms with E-state index in [1.54, 1.807) is 25.2 Å². The number of amides is 1. The molecular weight excluding hydrogens is 448 g/mol. The van der Waals surface area contributed by atoms with Crippen LogP contribution in [0.2, 0.25) is 0 Å². The Morgan fingerprint density at radius 3 is 2.38 bits per heavy atom. The van der Waals surface area contributed by atoms with Crippen molar-refractivity contribution >= 4 is 34.0 Å². The summed E-state index contributed by atoms with van der Waals surface area (Å²) in [5.41, 5.74) is 0.506. The van der Waals surface area contributed by atoms with E-state index >= 15 is 0 Å². The van der Waals surface area contributed by atoms with Crippen LogP contribution >= 0.6 is 0 Å². The second-order valence-electron chi connectivity index (χ2n) is 7.69. The van der Waals surface area contributed by atoms with E-state index in [-0.39, 0.29) is 40.9 Å². The number of hydrogen-bond donors (Lipinski definition) is 3. The summed E-state index contributed by atoms with van der Waals surface area (Å²) in [6.07, 6.45) is 1.97. The molecule has 1 saturated carbocycles. The summed E-state index contributed by atoms with van der Waals surface area (Å²) in [5.74, 6) is -4.49. The van der Waals surface area contributed by atoms with Gasteiger partial charge in [-0.15, -0.1) is 0 Å². The lowest BCUT2D eigenvalue weighted by Gasteiger charge is -2.11. The van der Waals surface area contributed by atoms with Crippen LogP contribution in [0.3, 0.4) is 0 Å². The summed E-state index contributed by atoms with van der Waals surface area (Å²) < 4.78 is 45.3. The molecule has 2 aromatic carbocycles. The summed E-state index contributed by atoms with van der Waals surface area (Å²) in [4.78, 5) is 24.7. The lowest BCUT2D eigenvalue weighted by atomic mass is 10.0. The van der Waals surface area contributed by atoms with Crippen molar-refractivity contribution in [3.63, 3.8) is 0 Å². The van der Waals surface area contributed by atoms with E-state index in [4.69, 9.17) is 13.9 Å². The monoisotopic (exact) mass is 471 g/mol. The molecule has 1 amide bonds. The molecule has 1 unspecified atom stereocenters. The van der Waals surface area contributed by atoms with E-state index in [2.05, 4.69) is 22.5 Å². The van der Waals surface area contributed by atoms with Crippen molar-refractivity contribution in [3.05, 3.63) is 59.9 Å². The number of carbonyl (C=O) groups is 2. The fourth-order valence-electron chi connectivity index (χ4n) is 3.76. The highest BCUT2D eigenvalue weighted by atomic mass is 19.1. The Balaban J connectivity index is 1.69. The minimum Gasteiger partial charge on any atom is -0.494 e. The smallest absolute Gasteiger partial charge is 0.243 e. The van der Waals surface area contributed by atoms with Crippen LogP contribution in [0.25, 0.3) is 11.0 Å². The molecule has 8 nitrogen and oxygen atoms in total. The third-order valence-electron chi connectivity index (χ3n) is 5.60. The number of furan rings is 1. The Hall–Kier alpha value is -4.08. The normalized spacial score (nSPS) is 16.6. The number of methoxy groups -OCH3 is 2. The van der Waals surface area contributed by atoms with Gasteiger partial charge in [0.05, 0.1) is 25.9 Å². The fraction of sp³-hybridized carbons (Fsp3) is 0.250. The molecule has 1 aromatic heterocycles. The van der Waals surface area contributed by atoms with Gasteiger partial charge in [0.15, 0.2) is 28.9 Å². The first-order valence-corrected chi connectivity index (χ1v) is 10.4. The zero-order chi connectivity index (χ0) is 24.6. The van der Waals surface area contributed by atoms with Gasteiger partial charge in [0.25, 0.3) is 0 Å². The average Bonchev–Trinajstić information content (AvgIpc) is 3.44. The molecule has 1 aliphatic carbocycles. The standard InChI is InChI=1S/C24H23F2N3O5/c1-5-18(30)29-14-9-13(14)28-11-6-7-15-12(8-11)22(27-2)24(34-15)23(31)19-20(25)16(32-3)10-17(33-4)21(19)26/h5-8,10,13-14,27-28H,1,9H2,2-4H3,(H,29,30)/t13-,14?/m1/s1. The summed E-state index contributed by atoms with van der Waals surface area (Å²) in [6, 6.07) is 6.21. The van der Waals surface area contributed by atoms with Crippen LogP contribution in [0.1, 0.15) is 22.5 Å². The Kier molecular flexibility index (Phi) is 6.14. The number of anilines is 2. The van der Waals surface area contributed by atoms with E-state index < -0.39 is 23.0 Å². The Bertz CT molecular complexity index is 1280. The van der Waals surface area contributed by atoms with Crippen molar-refractivity contribution in [2.45, 2.75) is 18.5 Å². The third kappa shape index (κ3) is 4.02. The highest BCUT2D eigenvalue weighted by molar-refractivity contribution is 6.15. The molecule has 34 heavy (non-hydrogen) atoms. The van der Waals surface area contributed by atoms with Crippen LogP contribution in [0.15, 0.2) is 41.3 Å². The molecule has 0 bridgehead atoms. The van der Waals surface area contributed by atoms with Crippen molar-refractivity contribution in [1.82, 2.24) is 5.32 Å². The van der Waals surface area contributed by atoms with Crippen LogP contribution < -0.4 is 25.4 Å². The lowest BCUT2D eigenvalue weighted by Crippen LogP contribution is -2.27. The summed E-state index contributed by atoms with van der Waals surface area (Å²) in [6.45, 7) is 3.43. The number of hydrogen-bond acceptors (Lipinski definition) is 7. The molecule has 2 atom stereocenters. The first-order chi connectivity index (χ1) is 16.3. The van der Waals surface area contributed by atoms with Crippen molar-refractivity contribution in [2.75, 3.05) is 31.9 Å². The van der Waals surface area contributed by atoms with Gasteiger partial charge in [0.2, 0.25) is 11.7 Å². The first-order valence-electron chi connectivity index (χ1n) is 10.4. The van der Waals surface area contributed by atoms with Gasteiger partial charge in [-0.3, -0.25) is 9.59 Å². The van der Waals surface area contributed by atoms with Crippen molar-refractivity contribution in [2.24, 2.45) is 0 Å². The number of ether oxygens (including phenoxy) is 2.